The van der Waals surface area contributed by atoms with Crippen LogP contribution in [0.2, 0.25) is 0 Å². The van der Waals surface area contributed by atoms with Crippen molar-refractivity contribution in [2.24, 2.45) is 5.41 Å². The molecule has 1 aromatic carbocycles. The molecule has 3 aliphatic rings. The number of hydrogen-bond acceptors (Lipinski definition) is 4. The Bertz CT molecular complexity index is 617. The van der Waals surface area contributed by atoms with Crippen molar-refractivity contribution in [1.82, 2.24) is 14.9 Å². The van der Waals surface area contributed by atoms with Crippen LogP contribution < -0.4 is 0 Å². The van der Waals surface area contributed by atoms with Crippen molar-refractivity contribution in [1.29, 1.82) is 0 Å². The minimum absolute atomic E-state index is 0.309. The molecule has 0 bridgehead atoms. The fourth-order valence-electron chi connectivity index (χ4n) is 4.97. The second-order valence-electron chi connectivity index (χ2n) is 8.55. The molecule has 3 fully saturated rings. The Kier molecular flexibility index (Phi) is 6.11. The highest BCUT2D eigenvalue weighted by Crippen LogP contribution is 2.39. The van der Waals surface area contributed by atoms with Crippen LogP contribution in [-0.4, -0.2) is 73.2 Å². The molecule has 1 spiro atoms. The Morgan fingerprint density at radius 3 is 2.70 bits per heavy atom. The van der Waals surface area contributed by atoms with E-state index >= 15 is 0 Å². The zero-order valence-corrected chi connectivity index (χ0v) is 16.4. The van der Waals surface area contributed by atoms with Crippen LogP contribution in [-0.2, 0) is 16.1 Å². The molecule has 4 rings (SSSR count). The first kappa shape index (κ1) is 18.9. The number of hydrogen-bond donors (Lipinski definition) is 0. The number of piperidine rings is 1. The summed E-state index contributed by atoms with van der Waals surface area (Å²) in [4.78, 5) is 22.9. The van der Waals surface area contributed by atoms with E-state index in [2.05, 4.69) is 40.1 Å². The zero-order valence-electron chi connectivity index (χ0n) is 16.4. The van der Waals surface area contributed by atoms with Crippen molar-refractivity contribution in [3.05, 3.63) is 35.9 Å². The maximum Gasteiger partial charge on any atom is 0.223 e. The Morgan fingerprint density at radius 2 is 1.89 bits per heavy atom. The molecule has 148 valence electrons. The molecule has 0 N–H and O–H groups in total. The van der Waals surface area contributed by atoms with E-state index in [9.17, 15) is 4.79 Å². The van der Waals surface area contributed by atoms with E-state index in [4.69, 9.17) is 4.84 Å². The summed E-state index contributed by atoms with van der Waals surface area (Å²) in [6, 6.07) is 10.8. The SMILES string of the molecule is O=C(CCN1CCCO1)N1CCC2(CCCN(CCc3ccccc3)C2)C1. The first-order valence-electron chi connectivity index (χ1n) is 10.6. The van der Waals surface area contributed by atoms with Crippen LogP contribution in [0.3, 0.4) is 0 Å². The molecule has 5 heteroatoms. The van der Waals surface area contributed by atoms with E-state index < -0.39 is 0 Å². The van der Waals surface area contributed by atoms with Crippen molar-refractivity contribution in [2.45, 2.75) is 38.5 Å². The number of hydroxylamine groups is 2. The van der Waals surface area contributed by atoms with Gasteiger partial charge in [-0.2, -0.15) is 5.06 Å². The van der Waals surface area contributed by atoms with E-state index in [1.807, 2.05) is 5.06 Å². The van der Waals surface area contributed by atoms with Crippen LogP contribution in [0.4, 0.5) is 0 Å². The van der Waals surface area contributed by atoms with Crippen molar-refractivity contribution in [3.63, 3.8) is 0 Å². The standard InChI is InChI=1S/C22H33N3O2/c26-21(9-15-25-13-5-17-27-25)24-16-11-22(19-24)10-4-12-23(18-22)14-8-20-6-2-1-3-7-20/h1-3,6-7H,4-5,8-19H2. The first-order chi connectivity index (χ1) is 13.2. The molecule has 1 unspecified atom stereocenters. The molecule has 3 saturated heterocycles. The van der Waals surface area contributed by atoms with Crippen molar-refractivity contribution in [3.8, 4) is 0 Å². The summed E-state index contributed by atoms with van der Waals surface area (Å²) in [7, 11) is 0. The fraction of sp³-hybridized carbons (Fsp3) is 0.682. The third-order valence-electron chi connectivity index (χ3n) is 6.49. The van der Waals surface area contributed by atoms with Crippen molar-refractivity contribution < 1.29 is 9.63 Å². The van der Waals surface area contributed by atoms with Gasteiger partial charge in [0.2, 0.25) is 5.91 Å². The molecule has 0 saturated carbocycles. The second kappa shape index (κ2) is 8.72. The van der Waals surface area contributed by atoms with Crippen LogP contribution in [0.5, 0.6) is 0 Å². The van der Waals surface area contributed by atoms with Gasteiger partial charge in [-0.05, 0) is 44.2 Å². The summed E-state index contributed by atoms with van der Waals surface area (Å²) in [5.74, 6) is 0.309. The van der Waals surface area contributed by atoms with Gasteiger partial charge in [-0.3, -0.25) is 9.63 Å². The highest BCUT2D eigenvalue weighted by atomic mass is 16.7. The molecule has 1 atom stereocenters. The molecule has 0 aromatic heterocycles. The minimum atomic E-state index is 0.309. The van der Waals surface area contributed by atoms with Crippen LogP contribution in [0.15, 0.2) is 30.3 Å². The van der Waals surface area contributed by atoms with Gasteiger partial charge < -0.3 is 9.80 Å². The largest absolute Gasteiger partial charge is 0.342 e. The summed E-state index contributed by atoms with van der Waals surface area (Å²) in [6.45, 7) is 7.89. The van der Waals surface area contributed by atoms with Crippen molar-refractivity contribution in [2.75, 3.05) is 52.4 Å². The van der Waals surface area contributed by atoms with E-state index in [0.717, 1.165) is 58.7 Å². The molecule has 3 aliphatic heterocycles. The molecular weight excluding hydrogens is 338 g/mol. The Balaban J connectivity index is 1.25. The number of nitrogens with zero attached hydrogens (tertiary/aromatic N) is 3. The zero-order chi connectivity index (χ0) is 18.5. The summed E-state index contributed by atoms with van der Waals surface area (Å²) >= 11 is 0. The Hall–Kier alpha value is -1.43. The molecular formula is C22H33N3O2. The smallest absolute Gasteiger partial charge is 0.223 e. The van der Waals surface area contributed by atoms with Crippen LogP contribution in [0, 0.1) is 5.41 Å². The number of amides is 1. The lowest BCUT2D eigenvalue weighted by atomic mass is 9.79. The van der Waals surface area contributed by atoms with E-state index in [1.165, 1.54) is 31.4 Å². The molecule has 27 heavy (non-hydrogen) atoms. The predicted octanol–water partition coefficient (Wildman–Crippen LogP) is 2.57. The van der Waals surface area contributed by atoms with E-state index in [0.29, 0.717) is 17.7 Å². The second-order valence-corrected chi connectivity index (χ2v) is 8.55. The van der Waals surface area contributed by atoms with Gasteiger partial charge in [0.1, 0.15) is 0 Å². The fourth-order valence-corrected chi connectivity index (χ4v) is 4.97. The van der Waals surface area contributed by atoms with Gasteiger partial charge in [0, 0.05) is 51.1 Å². The molecule has 5 nitrogen and oxygen atoms in total. The molecule has 0 radical (unpaired) electrons. The van der Waals surface area contributed by atoms with Gasteiger partial charge in [-0.1, -0.05) is 30.3 Å². The first-order valence-corrected chi connectivity index (χ1v) is 10.6. The quantitative estimate of drug-likeness (QED) is 0.770. The van der Waals surface area contributed by atoms with Gasteiger partial charge >= 0.3 is 0 Å². The maximum absolute atomic E-state index is 12.7. The summed E-state index contributed by atoms with van der Waals surface area (Å²) in [5, 5.41) is 1.95. The van der Waals surface area contributed by atoms with Crippen LogP contribution in [0.1, 0.15) is 37.7 Å². The molecule has 0 aliphatic carbocycles. The molecule has 1 amide bonds. The molecule has 1 aromatic rings. The predicted molar refractivity (Wildman–Crippen MR) is 106 cm³/mol. The van der Waals surface area contributed by atoms with Crippen LogP contribution in [0.25, 0.3) is 0 Å². The summed E-state index contributed by atoms with van der Waals surface area (Å²) in [5.41, 5.74) is 1.75. The number of benzene rings is 1. The van der Waals surface area contributed by atoms with Gasteiger partial charge in [0.15, 0.2) is 0 Å². The monoisotopic (exact) mass is 371 g/mol. The number of rotatable bonds is 6. The van der Waals surface area contributed by atoms with Gasteiger partial charge in [-0.15, -0.1) is 0 Å². The summed E-state index contributed by atoms with van der Waals surface area (Å²) < 4.78 is 0. The topological polar surface area (TPSA) is 36.0 Å². The molecule has 3 heterocycles. The lowest BCUT2D eigenvalue weighted by molar-refractivity contribution is -0.138. The number of likely N-dealkylation sites (tertiary alicyclic amines) is 2. The third-order valence-corrected chi connectivity index (χ3v) is 6.49. The van der Waals surface area contributed by atoms with Gasteiger partial charge in [0.25, 0.3) is 0 Å². The lowest BCUT2D eigenvalue weighted by Gasteiger charge is -2.40. The van der Waals surface area contributed by atoms with Gasteiger partial charge in [0.05, 0.1) is 6.61 Å². The van der Waals surface area contributed by atoms with E-state index in [-0.39, 0.29) is 0 Å². The normalized spacial score (nSPS) is 26.9. The summed E-state index contributed by atoms with van der Waals surface area (Å²) in [6.07, 6.45) is 6.50. The average Bonchev–Trinajstić information content (AvgIpc) is 3.36. The maximum atomic E-state index is 12.7. The van der Waals surface area contributed by atoms with Crippen molar-refractivity contribution >= 4 is 5.91 Å². The lowest BCUT2D eigenvalue weighted by Crippen LogP contribution is -2.46. The minimum Gasteiger partial charge on any atom is -0.342 e. The van der Waals surface area contributed by atoms with Crippen LogP contribution >= 0.6 is 0 Å². The van der Waals surface area contributed by atoms with E-state index in [1.54, 1.807) is 0 Å². The highest BCUT2D eigenvalue weighted by molar-refractivity contribution is 5.76. The number of carbonyl (C=O) groups is 1. The highest BCUT2D eigenvalue weighted by Gasteiger charge is 2.42. The Labute approximate surface area is 163 Å². The Morgan fingerprint density at radius 1 is 1.00 bits per heavy atom. The third kappa shape index (κ3) is 4.89. The average molecular weight is 372 g/mol. The van der Waals surface area contributed by atoms with Gasteiger partial charge in [-0.25, -0.2) is 0 Å². The number of carbonyl (C=O) groups excluding carboxylic acids is 1.